The molecule has 0 rings (SSSR count). The van der Waals surface area contributed by atoms with Gasteiger partial charge in [0, 0.05) is 7.05 Å². The Balaban J connectivity index is 4.63. The highest BCUT2D eigenvalue weighted by atomic mass is 16.6. The second kappa shape index (κ2) is 9.26. The highest BCUT2D eigenvalue weighted by Gasteiger charge is 2.38. The van der Waals surface area contributed by atoms with E-state index in [2.05, 4.69) is 11.9 Å². The van der Waals surface area contributed by atoms with Crippen LogP contribution in [0.5, 0.6) is 0 Å². The molecule has 6 heteroatoms. The molecule has 0 aromatic heterocycles. The molecule has 0 spiro atoms. The maximum atomic E-state index is 12.2. The van der Waals surface area contributed by atoms with Gasteiger partial charge in [-0.15, -0.1) is 0 Å². The molecule has 0 saturated carbocycles. The summed E-state index contributed by atoms with van der Waals surface area (Å²) in [7, 11) is 1.45. The zero-order chi connectivity index (χ0) is 16.5. The SMILES string of the molecule is C=C(C)OCC(C)(COC(=O)NC)C(=O)OCCC(C)C. The summed E-state index contributed by atoms with van der Waals surface area (Å²) >= 11 is 0. The van der Waals surface area contributed by atoms with Gasteiger partial charge in [-0.25, -0.2) is 4.79 Å². The van der Waals surface area contributed by atoms with Crippen molar-refractivity contribution in [3.05, 3.63) is 12.3 Å². The van der Waals surface area contributed by atoms with Crippen LogP contribution in [0.15, 0.2) is 12.3 Å². The molecule has 1 atom stereocenters. The fourth-order valence-corrected chi connectivity index (χ4v) is 1.30. The zero-order valence-corrected chi connectivity index (χ0v) is 13.7. The molecule has 1 amide bonds. The van der Waals surface area contributed by atoms with E-state index < -0.39 is 17.5 Å². The highest BCUT2D eigenvalue weighted by molar-refractivity contribution is 5.77. The number of alkyl carbamates (subject to hydrolysis) is 1. The molecule has 0 saturated heterocycles. The van der Waals surface area contributed by atoms with Gasteiger partial charge in [-0.2, -0.15) is 0 Å². The van der Waals surface area contributed by atoms with Gasteiger partial charge in [-0.1, -0.05) is 20.4 Å². The predicted molar refractivity (Wildman–Crippen MR) is 79.7 cm³/mol. The Kier molecular flexibility index (Phi) is 8.50. The number of nitrogens with one attached hydrogen (secondary N) is 1. The maximum Gasteiger partial charge on any atom is 0.406 e. The molecule has 1 unspecified atom stereocenters. The zero-order valence-electron chi connectivity index (χ0n) is 13.7. The van der Waals surface area contributed by atoms with E-state index in [1.807, 2.05) is 13.8 Å². The van der Waals surface area contributed by atoms with Crippen LogP contribution in [-0.4, -0.2) is 38.9 Å². The third-order valence-electron chi connectivity index (χ3n) is 2.78. The second-order valence-corrected chi connectivity index (χ2v) is 5.70. The maximum absolute atomic E-state index is 12.2. The lowest BCUT2D eigenvalue weighted by Gasteiger charge is -2.27. The first-order valence-electron chi connectivity index (χ1n) is 7.01. The van der Waals surface area contributed by atoms with Gasteiger partial charge in [0.05, 0.1) is 12.4 Å². The van der Waals surface area contributed by atoms with Gasteiger partial charge in [0.25, 0.3) is 0 Å². The molecule has 0 aliphatic carbocycles. The Labute approximate surface area is 126 Å². The molecule has 0 aromatic carbocycles. The van der Waals surface area contributed by atoms with E-state index in [-0.39, 0.29) is 13.2 Å². The number of hydrogen-bond donors (Lipinski definition) is 1. The number of carbonyl (C=O) groups is 2. The summed E-state index contributed by atoms with van der Waals surface area (Å²) in [5, 5.41) is 2.33. The molecule has 21 heavy (non-hydrogen) atoms. The van der Waals surface area contributed by atoms with Crippen LogP contribution in [0.2, 0.25) is 0 Å². The Morgan fingerprint density at radius 2 is 1.76 bits per heavy atom. The largest absolute Gasteiger partial charge is 0.498 e. The number of hydrogen-bond acceptors (Lipinski definition) is 5. The van der Waals surface area contributed by atoms with Gasteiger partial charge in [0.2, 0.25) is 0 Å². The monoisotopic (exact) mass is 301 g/mol. The van der Waals surface area contributed by atoms with Crippen molar-refractivity contribution >= 4 is 12.1 Å². The normalized spacial score (nSPS) is 13.2. The molecule has 122 valence electrons. The van der Waals surface area contributed by atoms with Crippen molar-refractivity contribution in [2.75, 3.05) is 26.9 Å². The molecule has 0 heterocycles. The fourth-order valence-electron chi connectivity index (χ4n) is 1.30. The quantitative estimate of drug-likeness (QED) is 0.523. The third-order valence-corrected chi connectivity index (χ3v) is 2.78. The van der Waals surface area contributed by atoms with Gasteiger partial charge in [0.15, 0.2) is 0 Å². The lowest BCUT2D eigenvalue weighted by Crippen LogP contribution is -2.40. The van der Waals surface area contributed by atoms with E-state index in [1.165, 1.54) is 7.05 Å². The van der Waals surface area contributed by atoms with Crippen LogP contribution in [0.4, 0.5) is 4.79 Å². The van der Waals surface area contributed by atoms with Crippen LogP contribution in [0, 0.1) is 11.3 Å². The molecule has 0 aromatic rings. The summed E-state index contributed by atoms with van der Waals surface area (Å²) in [5.41, 5.74) is -1.07. The Bertz CT molecular complexity index is 367. The molecule has 0 aliphatic rings. The molecular weight excluding hydrogens is 274 g/mol. The molecule has 0 radical (unpaired) electrons. The van der Waals surface area contributed by atoms with Crippen LogP contribution in [0.3, 0.4) is 0 Å². The van der Waals surface area contributed by atoms with E-state index in [4.69, 9.17) is 14.2 Å². The van der Waals surface area contributed by atoms with Crippen molar-refractivity contribution in [2.24, 2.45) is 11.3 Å². The third kappa shape index (κ3) is 8.22. The average Bonchev–Trinajstić information content (AvgIpc) is 2.41. The van der Waals surface area contributed by atoms with E-state index in [0.29, 0.717) is 18.3 Å². The van der Waals surface area contributed by atoms with Crippen molar-refractivity contribution in [3.8, 4) is 0 Å². The summed E-state index contributed by atoms with van der Waals surface area (Å²) in [6.45, 7) is 11.3. The minimum Gasteiger partial charge on any atom is -0.498 e. The summed E-state index contributed by atoms with van der Waals surface area (Å²) in [5.74, 6) is 0.474. The van der Waals surface area contributed by atoms with Gasteiger partial charge in [-0.05, 0) is 26.2 Å². The van der Waals surface area contributed by atoms with E-state index >= 15 is 0 Å². The Morgan fingerprint density at radius 3 is 2.24 bits per heavy atom. The van der Waals surface area contributed by atoms with Gasteiger partial charge in [-0.3, -0.25) is 4.79 Å². The number of rotatable bonds is 9. The smallest absolute Gasteiger partial charge is 0.406 e. The van der Waals surface area contributed by atoms with Crippen LogP contribution < -0.4 is 5.32 Å². The highest BCUT2D eigenvalue weighted by Crippen LogP contribution is 2.21. The van der Waals surface area contributed by atoms with Crippen LogP contribution >= 0.6 is 0 Å². The van der Waals surface area contributed by atoms with Crippen LogP contribution in [0.1, 0.15) is 34.1 Å². The number of amides is 1. The molecule has 0 aliphatic heterocycles. The van der Waals surface area contributed by atoms with Crippen molar-refractivity contribution in [2.45, 2.75) is 34.1 Å². The van der Waals surface area contributed by atoms with E-state index in [0.717, 1.165) is 6.42 Å². The number of carbonyl (C=O) groups excluding carboxylic acids is 2. The lowest BCUT2D eigenvalue weighted by atomic mass is 9.93. The van der Waals surface area contributed by atoms with Gasteiger partial charge < -0.3 is 19.5 Å². The molecule has 1 N–H and O–H groups in total. The molecular formula is C15H27NO5. The molecule has 0 fully saturated rings. The second-order valence-electron chi connectivity index (χ2n) is 5.70. The lowest BCUT2D eigenvalue weighted by molar-refractivity contribution is -0.160. The summed E-state index contributed by atoms with van der Waals surface area (Å²) in [6, 6.07) is 0. The average molecular weight is 301 g/mol. The summed E-state index contributed by atoms with van der Waals surface area (Å²) < 4.78 is 15.5. The summed E-state index contributed by atoms with van der Waals surface area (Å²) in [6.07, 6.45) is 0.172. The van der Waals surface area contributed by atoms with Crippen molar-refractivity contribution in [1.29, 1.82) is 0 Å². The standard InChI is InChI=1S/C15H27NO5/c1-11(2)7-8-19-13(17)15(5,9-20-12(3)4)10-21-14(18)16-6/h11H,3,7-10H2,1-2,4-6H3,(H,16,18). The minimum absolute atomic E-state index is 0.0415. The van der Waals surface area contributed by atoms with Crippen molar-refractivity contribution < 1.29 is 23.8 Å². The first kappa shape index (κ1) is 19.3. The molecule has 0 bridgehead atoms. The number of esters is 1. The predicted octanol–water partition coefficient (Wildman–Crippen LogP) is 2.49. The topological polar surface area (TPSA) is 73.9 Å². The number of ether oxygens (including phenoxy) is 3. The Hall–Kier alpha value is -1.72. The first-order chi connectivity index (χ1) is 9.71. The van der Waals surface area contributed by atoms with Crippen molar-refractivity contribution in [1.82, 2.24) is 5.32 Å². The van der Waals surface area contributed by atoms with Gasteiger partial charge in [0.1, 0.15) is 18.6 Å². The van der Waals surface area contributed by atoms with Crippen LogP contribution in [0.25, 0.3) is 0 Å². The first-order valence-corrected chi connectivity index (χ1v) is 7.01. The summed E-state index contributed by atoms with van der Waals surface area (Å²) in [4.78, 5) is 23.4. The number of allylic oxidation sites excluding steroid dienone is 1. The van der Waals surface area contributed by atoms with Gasteiger partial charge >= 0.3 is 12.1 Å². The minimum atomic E-state index is -1.07. The van der Waals surface area contributed by atoms with Crippen molar-refractivity contribution in [3.63, 3.8) is 0 Å². The fraction of sp³-hybridized carbons (Fsp3) is 0.733. The van der Waals surface area contributed by atoms with Crippen LogP contribution in [-0.2, 0) is 19.0 Å². The Morgan fingerprint density at radius 1 is 1.19 bits per heavy atom. The van der Waals surface area contributed by atoms with E-state index in [1.54, 1.807) is 13.8 Å². The molecule has 6 nitrogen and oxygen atoms in total. The van der Waals surface area contributed by atoms with E-state index in [9.17, 15) is 9.59 Å².